The highest BCUT2D eigenvalue weighted by atomic mass is 16.5. The van der Waals surface area contributed by atoms with E-state index < -0.39 is 0 Å². The predicted molar refractivity (Wildman–Crippen MR) is 180 cm³/mol. The molecule has 4 heterocycles. The molecule has 0 radical (unpaired) electrons. The summed E-state index contributed by atoms with van der Waals surface area (Å²) in [6, 6.07) is 8.51. The van der Waals surface area contributed by atoms with E-state index in [1.54, 1.807) is 30.3 Å². The van der Waals surface area contributed by atoms with E-state index in [1.165, 1.54) is 6.33 Å². The van der Waals surface area contributed by atoms with Crippen LogP contribution in [0.1, 0.15) is 64.5 Å². The van der Waals surface area contributed by atoms with E-state index in [0.717, 1.165) is 63.1 Å². The van der Waals surface area contributed by atoms with Crippen LogP contribution in [0.15, 0.2) is 43.1 Å². The quantitative estimate of drug-likeness (QED) is 0.201. The first-order valence-electron chi connectivity index (χ1n) is 16.9. The van der Waals surface area contributed by atoms with Gasteiger partial charge in [-0.3, -0.25) is 9.58 Å². The van der Waals surface area contributed by atoms with Crippen molar-refractivity contribution in [2.75, 3.05) is 45.3 Å². The van der Waals surface area contributed by atoms with E-state index in [1.807, 2.05) is 43.8 Å². The highest BCUT2D eigenvalue weighted by molar-refractivity contribution is 5.67. The number of ether oxygens (including phenoxy) is 4. The summed E-state index contributed by atoms with van der Waals surface area (Å²) in [7, 11) is 1.71. The number of aromatic nitrogens is 8. The van der Waals surface area contributed by atoms with Gasteiger partial charge in [-0.15, -0.1) is 10.2 Å². The Morgan fingerprint density at radius 2 is 1.84 bits per heavy atom. The third-order valence-electron chi connectivity index (χ3n) is 9.29. The lowest BCUT2D eigenvalue weighted by Crippen LogP contribution is -2.45. The van der Waals surface area contributed by atoms with Crippen LogP contribution in [0.4, 0.5) is 11.6 Å². The maximum Gasteiger partial charge on any atom is 0.256 e. The molecule has 1 saturated carbocycles. The van der Waals surface area contributed by atoms with Gasteiger partial charge in [0.1, 0.15) is 29.9 Å². The fourth-order valence-electron chi connectivity index (χ4n) is 6.22. The number of anilines is 2. The molecule has 1 aliphatic heterocycles. The van der Waals surface area contributed by atoms with Crippen LogP contribution in [0.2, 0.25) is 0 Å². The third kappa shape index (κ3) is 8.88. The van der Waals surface area contributed by atoms with Gasteiger partial charge in [0.15, 0.2) is 0 Å². The van der Waals surface area contributed by atoms with Gasteiger partial charge in [-0.05, 0) is 74.6 Å². The number of hydrogen-bond donors (Lipinski definition) is 1. The largest absolute Gasteiger partial charge is 0.487 e. The number of nitrogens with one attached hydrogen (secondary N) is 1. The normalized spacial score (nSPS) is 19.2. The highest BCUT2D eigenvalue weighted by Gasteiger charge is 2.29. The van der Waals surface area contributed by atoms with E-state index in [4.69, 9.17) is 24.0 Å². The molecular formula is C34H45N11O4. The lowest BCUT2D eigenvalue weighted by Gasteiger charge is -2.38. The van der Waals surface area contributed by atoms with Crippen LogP contribution < -0.4 is 14.8 Å². The van der Waals surface area contributed by atoms with Crippen LogP contribution in [0.3, 0.4) is 0 Å². The Morgan fingerprint density at radius 1 is 1.08 bits per heavy atom. The summed E-state index contributed by atoms with van der Waals surface area (Å²) in [5.74, 6) is 1.40. The van der Waals surface area contributed by atoms with E-state index in [-0.39, 0.29) is 17.7 Å². The molecule has 2 aliphatic rings. The Hall–Kier alpha value is -4.65. The van der Waals surface area contributed by atoms with Crippen molar-refractivity contribution >= 4 is 11.6 Å². The minimum Gasteiger partial charge on any atom is -0.487 e. The number of nitrogens with zero attached hydrogens (tertiary/aromatic N) is 10. The topological polar surface area (TPSA) is 163 Å². The van der Waals surface area contributed by atoms with Crippen LogP contribution in [0, 0.1) is 11.3 Å². The summed E-state index contributed by atoms with van der Waals surface area (Å²) in [4.78, 5) is 11.8. The number of methoxy groups -OCH3 is 1. The number of hydrogen-bond acceptors (Lipinski definition) is 13. The second kappa shape index (κ2) is 15.7. The van der Waals surface area contributed by atoms with Gasteiger partial charge in [-0.1, -0.05) is 6.07 Å². The van der Waals surface area contributed by atoms with Crippen molar-refractivity contribution in [2.24, 2.45) is 0 Å². The standard InChI is InChI=1S/C34H45N11O4/c1-24(21-44-23-38-41-42-44)49-31-17-25(5-6-26(31)18-35)27-19-36-33(37-20-27)39-30-22-45(40-32(30)48-14-11-34(2,3)46-4)29-9-7-28(8-10-29)43-12-15-47-16-13-43/h5-6,17,19-20,22-24,28-29H,7-16,21H2,1-4H3,(H,36,37,39)/t24-,28-,29-/m0/s1. The summed E-state index contributed by atoms with van der Waals surface area (Å²) >= 11 is 0. The maximum absolute atomic E-state index is 9.68. The van der Waals surface area contributed by atoms with E-state index in [2.05, 4.69) is 41.8 Å². The van der Waals surface area contributed by atoms with Crippen LogP contribution in [-0.4, -0.2) is 103 Å². The minimum atomic E-state index is -0.309. The molecule has 0 spiro atoms. The monoisotopic (exact) mass is 671 g/mol. The van der Waals surface area contributed by atoms with Gasteiger partial charge in [0.2, 0.25) is 5.95 Å². The zero-order chi connectivity index (χ0) is 34.2. The molecule has 1 aliphatic carbocycles. The fraction of sp³-hybridized carbons (Fsp3) is 0.559. The Morgan fingerprint density at radius 3 is 2.53 bits per heavy atom. The van der Waals surface area contributed by atoms with Gasteiger partial charge < -0.3 is 24.3 Å². The molecule has 1 saturated heterocycles. The Labute approximate surface area is 286 Å². The molecule has 15 nitrogen and oxygen atoms in total. The molecule has 1 atom stereocenters. The molecule has 15 heteroatoms. The smallest absolute Gasteiger partial charge is 0.256 e. The molecule has 3 aromatic heterocycles. The number of benzene rings is 1. The van der Waals surface area contributed by atoms with Gasteiger partial charge in [-0.2, -0.15) is 5.26 Å². The molecule has 0 bridgehead atoms. The summed E-state index contributed by atoms with van der Waals surface area (Å²) < 4.78 is 27.1. The second-order valence-corrected chi connectivity index (χ2v) is 13.2. The SMILES string of the molecule is COC(C)(C)CCOc1nn([C@H]2CC[C@H](N3CCOCC3)CC2)cc1Nc1ncc(-c2ccc(C#N)c(O[C@@H](C)Cn3cnnn3)c2)cn1. The Balaban J connectivity index is 1.15. The average Bonchev–Trinajstić information content (AvgIpc) is 3.79. The molecule has 0 amide bonds. The molecule has 6 rings (SSSR count). The zero-order valence-corrected chi connectivity index (χ0v) is 28.7. The van der Waals surface area contributed by atoms with E-state index >= 15 is 0 Å². The van der Waals surface area contributed by atoms with Crippen molar-refractivity contribution in [3.05, 3.63) is 48.7 Å². The lowest BCUT2D eigenvalue weighted by molar-refractivity contribution is 0.00409. The fourth-order valence-corrected chi connectivity index (χ4v) is 6.22. The average molecular weight is 672 g/mol. The van der Waals surface area contributed by atoms with Gasteiger partial charge in [0.05, 0.1) is 49.8 Å². The summed E-state index contributed by atoms with van der Waals surface area (Å²) in [5.41, 5.74) is 2.43. The van der Waals surface area contributed by atoms with Crippen molar-refractivity contribution in [1.29, 1.82) is 5.26 Å². The van der Waals surface area contributed by atoms with Crippen molar-refractivity contribution in [3.63, 3.8) is 0 Å². The molecule has 2 fully saturated rings. The number of rotatable bonds is 14. The number of tetrazole rings is 1. The predicted octanol–water partition coefficient (Wildman–Crippen LogP) is 4.42. The molecular weight excluding hydrogens is 626 g/mol. The van der Waals surface area contributed by atoms with Crippen LogP contribution in [0.5, 0.6) is 11.6 Å². The van der Waals surface area contributed by atoms with Gasteiger partial charge in [0, 0.05) is 50.6 Å². The third-order valence-corrected chi connectivity index (χ3v) is 9.29. The van der Waals surface area contributed by atoms with Crippen molar-refractivity contribution < 1.29 is 18.9 Å². The summed E-state index contributed by atoms with van der Waals surface area (Å²) in [6.07, 6.45) is 11.8. The summed E-state index contributed by atoms with van der Waals surface area (Å²) in [5, 5.41) is 29.1. The number of nitriles is 1. The first-order valence-corrected chi connectivity index (χ1v) is 16.9. The Kier molecular flexibility index (Phi) is 11.0. The molecule has 1 aromatic carbocycles. The number of morpholine rings is 1. The van der Waals surface area contributed by atoms with Crippen molar-refractivity contribution in [3.8, 4) is 28.8 Å². The molecule has 1 N–H and O–H groups in total. The maximum atomic E-state index is 9.68. The summed E-state index contributed by atoms with van der Waals surface area (Å²) in [6.45, 7) is 10.5. The molecule has 0 unspecified atom stereocenters. The molecule has 4 aromatic rings. The van der Waals surface area contributed by atoms with Crippen molar-refractivity contribution in [2.45, 2.75) is 83.2 Å². The first-order chi connectivity index (χ1) is 23.8. The highest BCUT2D eigenvalue weighted by Crippen LogP contribution is 2.35. The lowest BCUT2D eigenvalue weighted by atomic mass is 9.90. The van der Waals surface area contributed by atoms with Gasteiger partial charge >= 0.3 is 0 Å². The van der Waals surface area contributed by atoms with Crippen molar-refractivity contribution in [1.82, 2.24) is 44.9 Å². The zero-order valence-electron chi connectivity index (χ0n) is 28.7. The first kappa shape index (κ1) is 34.2. The second-order valence-electron chi connectivity index (χ2n) is 13.2. The van der Waals surface area contributed by atoms with Crippen LogP contribution in [0.25, 0.3) is 11.1 Å². The molecule has 49 heavy (non-hydrogen) atoms. The van der Waals surface area contributed by atoms with E-state index in [0.29, 0.717) is 54.4 Å². The molecule has 260 valence electrons. The Bertz CT molecular complexity index is 1670. The van der Waals surface area contributed by atoms with Crippen LogP contribution in [-0.2, 0) is 16.0 Å². The van der Waals surface area contributed by atoms with Crippen LogP contribution >= 0.6 is 0 Å². The van der Waals surface area contributed by atoms with Gasteiger partial charge in [0.25, 0.3) is 5.88 Å². The van der Waals surface area contributed by atoms with E-state index in [9.17, 15) is 5.26 Å². The van der Waals surface area contributed by atoms with Gasteiger partial charge in [-0.25, -0.2) is 14.6 Å². The minimum absolute atomic E-state index is 0.272.